The van der Waals surface area contributed by atoms with Crippen LogP contribution >= 0.6 is 0 Å². The zero-order valence-electron chi connectivity index (χ0n) is 8.78. The highest BCUT2D eigenvalue weighted by Gasteiger charge is 2.25. The van der Waals surface area contributed by atoms with Crippen LogP contribution in [0.4, 0.5) is 0 Å². The van der Waals surface area contributed by atoms with Gasteiger partial charge in [0.2, 0.25) is 5.91 Å². The molecule has 3 atom stereocenters. The zero-order valence-corrected chi connectivity index (χ0v) is 8.78. The molecule has 0 aliphatic heterocycles. The van der Waals surface area contributed by atoms with Crippen LogP contribution in [-0.2, 0) is 9.59 Å². The molecule has 0 aromatic carbocycles. The Morgan fingerprint density at radius 3 is 2.21 bits per heavy atom. The van der Waals surface area contributed by atoms with E-state index in [1.807, 2.05) is 6.92 Å². The third-order valence-electron chi connectivity index (χ3n) is 2.19. The van der Waals surface area contributed by atoms with Gasteiger partial charge in [-0.25, -0.2) is 4.79 Å². The van der Waals surface area contributed by atoms with Gasteiger partial charge in [-0.3, -0.25) is 4.79 Å². The summed E-state index contributed by atoms with van der Waals surface area (Å²) in [6.07, 6.45) is 0.691. The van der Waals surface area contributed by atoms with Crippen LogP contribution in [0.25, 0.3) is 0 Å². The molecule has 1 amide bonds. The van der Waals surface area contributed by atoms with Gasteiger partial charge in [-0.2, -0.15) is 0 Å². The Labute approximate surface area is 83.7 Å². The minimum absolute atomic E-state index is 0.102. The lowest BCUT2D eigenvalue weighted by atomic mass is 9.99. The first-order chi connectivity index (χ1) is 6.40. The number of rotatable bonds is 5. The molecule has 0 spiro atoms. The van der Waals surface area contributed by atoms with E-state index in [0.717, 1.165) is 0 Å². The molecule has 4 N–H and O–H groups in total. The van der Waals surface area contributed by atoms with Crippen LogP contribution in [0.15, 0.2) is 0 Å². The van der Waals surface area contributed by atoms with Crippen molar-refractivity contribution in [1.29, 1.82) is 0 Å². The molecule has 0 aromatic heterocycles. The molecule has 0 rings (SSSR count). The maximum absolute atomic E-state index is 11.2. The highest BCUT2D eigenvalue weighted by molar-refractivity contribution is 5.86. The second-order valence-corrected chi connectivity index (χ2v) is 3.50. The number of nitrogens with two attached hydrogens (primary N) is 1. The van der Waals surface area contributed by atoms with Gasteiger partial charge in [-0.1, -0.05) is 20.3 Å². The summed E-state index contributed by atoms with van der Waals surface area (Å²) in [5.41, 5.74) is 5.32. The van der Waals surface area contributed by atoms with Crippen LogP contribution in [-0.4, -0.2) is 29.1 Å². The number of carboxylic acid groups (broad SMARTS) is 1. The average molecular weight is 202 g/mol. The van der Waals surface area contributed by atoms with Crippen LogP contribution in [0.1, 0.15) is 27.2 Å². The summed E-state index contributed by atoms with van der Waals surface area (Å²) in [7, 11) is 0. The van der Waals surface area contributed by atoms with Crippen LogP contribution in [0.3, 0.4) is 0 Å². The SMILES string of the molecule is CCC(C)[C@@H](NC(=O)[C@@H](C)N)C(=O)O. The molecule has 1 unspecified atom stereocenters. The third kappa shape index (κ3) is 3.74. The monoisotopic (exact) mass is 202 g/mol. The summed E-state index contributed by atoms with van der Waals surface area (Å²) in [6, 6.07) is -1.53. The Hall–Kier alpha value is -1.10. The van der Waals surface area contributed by atoms with E-state index in [-0.39, 0.29) is 5.92 Å². The number of amides is 1. The van der Waals surface area contributed by atoms with Gasteiger partial charge < -0.3 is 16.2 Å². The lowest BCUT2D eigenvalue weighted by molar-refractivity contribution is -0.143. The van der Waals surface area contributed by atoms with Gasteiger partial charge >= 0.3 is 5.97 Å². The lowest BCUT2D eigenvalue weighted by Crippen LogP contribution is -2.50. The van der Waals surface area contributed by atoms with Gasteiger partial charge in [-0.15, -0.1) is 0 Å². The molecule has 0 saturated heterocycles. The lowest BCUT2D eigenvalue weighted by Gasteiger charge is -2.20. The summed E-state index contributed by atoms with van der Waals surface area (Å²) in [6.45, 7) is 5.17. The third-order valence-corrected chi connectivity index (χ3v) is 2.19. The average Bonchev–Trinajstić information content (AvgIpc) is 2.11. The number of hydrogen-bond acceptors (Lipinski definition) is 3. The quantitative estimate of drug-likeness (QED) is 0.582. The topological polar surface area (TPSA) is 92.4 Å². The molecular weight excluding hydrogens is 184 g/mol. The van der Waals surface area contributed by atoms with E-state index in [1.54, 1.807) is 6.92 Å². The smallest absolute Gasteiger partial charge is 0.326 e. The minimum Gasteiger partial charge on any atom is -0.480 e. The fourth-order valence-corrected chi connectivity index (χ4v) is 0.968. The van der Waals surface area contributed by atoms with Gasteiger partial charge in [0.05, 0.1) is 6.04 Å². The van der Waals surface area contributed by atoms with Crippen molar-refractivity contribution in [3.8, 4) is 0 Å². The highest BCUT2D eigenvalue weighted by atomic mass is 16.4. The first kappa shape index (κ1) is 12.9. The second-order valence-electron chi connectivity index (χ2n) is 3.50. The molecule has 5 nitrogen and oxygen atoms in total. The number of carbonyl (C=O) groups excluding carboxylic acids is 1. The molecular formula is C9H18N2O3. The van der Waals surface area contributed by atoms with Crippen molar-refractivity contribution < 1.29 is 14.7 Å². The predicted octanol–water partition coefficient (Wildman–Crippen LogP) is -0.0509. The van der Waals surface area contributed by atoms with Crippen molar-refractivity contribution in [3.05, 3.63) is 0 Å². The molecule has 0 fully saturated rings. The standard InChI is InChI=1S/C9H18N2O3/c1-4-5(2)7(9(13)14)11-8(12)6(3)10/h5-7H,4,10H2,1-3H3,(H,11,12)(H,13,14)/t5?,6-,7-/m1/s1. The minimum atomic E-state index is -1.02. The fraction of sp³-hybridized carbons (Fsp3) is 0.778. The number of aliphatic carboxylic acids is 1. The van der Waals surface area contributed by atoms with Crippen molar-refractivity contribution in [2.24, 2.45) is 11.7 Å². The van der Waals surface area contributed by atoms with E-state index in [4.69, 9.17) is 10.8 Å². The molecule has 0 aliphatic rings. The van der Waals surface area contributed by atoms with E-state index < -0.39 is 24.0 Å². The Balaban J connectivity index is 4.38. The molecule has 0 aliphatic carbocycles. The second kappa shape index (κ2) is 5.59. The van der Waals surface area contributed by atoms with Crippen molar-refractivity contribution in [1.82, 2.24) is 5.32 Å². The van der Waals surface area contributed by atoms with Crippen LogP contribution in [0.5, 0.6) is 0 Å². The Kier molecular flexibility index (Phi) is 5.15. The van der Waals surface area contributed by atoms with Gasteiger partial charge in [0.15, 0.2) is 0 Å². The Morgan fingerprint density at radius 2 is 1.93 bits per heavy atom. The van der Waals surface area contributed by atoms with Gasteiger partial charge in [0, 0.05) is 0 Å². The number of nitrogens with one attached hydrogen (secondary N) is 1. The largest absolute Gasteiger partial charge is 0.480 e. The highest BCUT2D eigenvalue weighted by Crippen LogP contribution is 2.07. The number of hydrogen-bond donors (Lipinski definition) is 3. The van der Waals surface area contributed by atoms with Crippen LogP contribution < -0.4 is 11.1 Å². The Bertz CT molecular complexity index is 216. The van der Waals surface area contributed by atoms with Crippen molar-refractivity contribution >= 4 is 11.9 Å². The fourth-order valence-electron chi connectivity index (χ4n) is 0.968. The predicted molar refractivity (Wildman–Crippen MR) is 52.7 cm³/mol. The first-order valence-corrected chi connectivity index (χ1v) is 4.68. The summed E-state index contributed by atoms with van der Waals surface area (Å²) in [4.78, 5) is 22.0. The van der Waals surface area contributed by atoms with Gasteiger partial charge in [0.1, 0.15) is 6.04 Å². The van der Waals surface area contributed by atoms with E-state index in [1.165, 1.54) is 6.92 Å². The van der Waals surface area contributed by atoms with Gasteiger partial charge in [0.25, 0.3) is 0 Å². The first-order valence-electron chi connectivity index (χ1n) is 4.68. The Morgan fingerprint density at radius 1 is 1.43 bits per heavy atom. The maximum Gasteiger partial charge on any atom is 0.326 e. The van der Waals surface area contributed by atoms with Crippen molar-refractivity contribution in [2.75, 3.05) is 0 Å². The molecule has 0 radical (unpaired) electrons. The maximum atomic E-state index is 11.2. The summed E-state index contributed by atoms with van der Waals surface area (Å²) >= 11 is 0. The van der Waals surface area contributed by atoms with E-state index in [2.05, 4.69) is 5.32 Å². The number of carboxylic acids is 1. The van der Waals surface area contributed by atoms with E-state index in [0.29, 0.717) is 6.42 Å². The van der Waals surface area contributed by atoms with E-state index >= 15 is 0 Å². The zero-order chi connectivity index (χ0) is 11.3. The van der Waals surface area contributed by atoms with Gasteiger partial charge in [-0.05, 0) is 12.8 Å². The summed E-state index contributed by atoms with van der Waals surface area (Å²) in [5, 5.41) is 11.3. The van der Waals surface area contributed by atoms with Crippen molar-refractivity contribution in [2.45, 2.75) is 39.3 Å². The molecule has 82 valence electrons. The normalized spacial score (nSPS) is 16.9. The summed E-state index contributed by atoms with van der Waals surface area (Å²) in [5.74, 6) is -1.55. The molecule has 0 bridgehead atoms. The summed E-state index contributed by atoms with van der Waals surface area (Å²) < 4.78 is 0. The number of carbonyl (C=O) groups is 2. The molecule has 14 heavy (non-hydrogen) atoms. The van der Waals surface area contributed by atoms with Crippen LogP contribution in [0, 0.1) is 5.92 Å². The molecule has 5 heteroatoms. The molecule has 0 aromatic rings. The van der Waals surface area contributed by atoms with Crippen LogP contribution in [0.2, 0.25) is 0 Å². The molecule has 0 heterocycles. The van der Waals surface area contributed by atoms with E-state index in [9.17, 15) is 9.59 Å². The molecule has 0 saturated carbocycles. The van der Waals surface area contributed by atoms with Crippen molar-refractivity contribution in [3.63, 3.8) is 0 Å².